The number of rotatable bonds is 9. The van der Waals surface area contributed by atoms with Gasteiger partial charge < -0.3 is 10.2 Å². The molecule has 1 fully saturated rings. The molecule has 19 heavy (non-hydrogen) atoms. The molecule has 4 nitrogen and oxygen atoms in total. The van der Waals surface area contributed by atoms with Gasteiger partial charge in [-0.25, -0.2) is 8.42 Å². The van der Waals surface area contributed by atoms with E-state index < -0.39 is 9.84 Å². The standard InChI is InChI=1S/C14H30N2O2S/c1-3-7-15-12-14-6-5-8-16(13-14)9-11-19(17,18)10-4-2/h14-15H,3-13H2,1-2H3. The first kappa shape index (κ1) is 16.9. The molecule has 0 aromatic carbocycles. The maximum absolute atomic E-state index is 11.7. The van der Waals surface area contributed by atoms with Gasteiger partial charge in [-0.05, 0) is 51.2 Å². The summed E-state index contributed by atoms with van der Waals surface area (Å²) < 4.78 is 23.5. The van der Waals surface area contributed by atoms with Crippen molar-refractivity contribution in [2.24, 2.45) is 5.92 Å². The summed E-state index contributed by atoms with van der Waals surface area (Å²) in [5.74, 6) is 1.35. The molecule has 1 unspecified atom stereocenters. The number of piperidine rings is 1. The number of hydrogen-bond donors (Lipinski definition) is 1. The van der Waals surface area contributed by atoms with Crippen LogP contribution in [0, 0.1) is 5.92 Å². The molecule has 0 bridgehead atoms. The monoisotopic (exact) mass is 290 g/mol. The molecule has 0 amide bonds. The van der Waals surface area contributed by atoms with E-state index in [1.165, 1.54) is 19.3 Å². The van der Waals surface area contributed by atoms with Crippen molar-refractivity contribution in [1.82, 2.24) is 10.2 Å². The molecule has 0 radical (unpaired) electrons. The van der Waals surface area contributed by atoms with Crippen molar-refractivity contribution in [2.75, 3.05) is 44.2 Å². The van der Waals surface area contributed by atoms with Crippen molar-refractivity contribution < 1.29 is 8.42 Å². The van der Waals surface area contributed by atoms with Gasteiger partial charge in [0.15, 0.2) is 9.84 Å². The summed E-state index contributed by atoms with van der Waals surface area (Å²) in [5, 5.41) is 3.47. The van der Waals surface area contributed by atoms with Crippen LogP contribution in [0.25, 0.3) is 0 Å². The van der Waals surface area contributed by atoms with Crippen LogP contribution in [0.3, 0.4) is 0 Å². The largest absolute Gasteiger partial charge is 0.316 e. The first-order chi connectivity index (χ1) is 9.07. The molecule has 1 saturated heterocycles. The highest BCUT2D eigenvalue weighted by Gasteiger charge is 2.21. The third kappa shape index (κ3) is 7.28. The molecule has 1 atom stereocenters. The molecule has 1 rings (SSSR count). The van der Waals surface area contributed by atoms with Gasteiger partial charge in [-0.2, -0.15) is 0 Å². The fraction of sp³-hybridized carbons (Fsp3) is 1.00. The van der Waals surface area contributed by atoms with Crippen molar-refractivity contribution in [3.63, 3.8) is 0 Å². The van der Waals surface area contributed by atoms with Crippen LogP contribution in [0.1, 0.15) is 39.5 Å². The Morgan fingerprint density at radius 2 is 2.00 bits per heavy atom. The topological polar surface area (TPSA) is 49.4 Å². The van der Waals surface area contributed by atoms with Crippen LogP contribution in [0.5, 0.6) is 0 Å². The Kier molecular flexibility index (Phi) is 7.95. The summed E-state index contributed by atoms with van der Waals surface area (Å²) in [6.07, 6.45) is 4.37. The minimum absolute atomic E-state index is 0.329. The lowest BCUT2D eigenvalue weighted by molar-refractivity contribution is 0.181. The number of likely N-dealkylation sites (tertiary alicyclic amines) is 1. The van der Waals surface area contributed by atoms with E-state index in [-0.39, 0.29) is 0 Å². The maximum Gasteiger partial charge on any atom is 0.151 e. The molecule has 0 saturated carbocycles. The summed E-state index contributed by atoms with van der Waals surface area (Å²) in [4.78, 5) is 2.33. The number of hydrogen-bond acceptors (Lipinski definition) is 4. The van der Waals surface area contributed by atoms with Crippen molar-refractivity contribution in [3.05, 3.63) is 0 Å². The fourth-order valence-electron chi connectivity index (χ4n) is 2.69. The third-order valence-corrected chi connectivity index (χ3v) is 5.53. The zero-order valence-electron chi connectivity index (χ0n) is 12.5. The fourth-order valence-corrected chi connectivity index (χ4v) is 4.05. The second kappa shape index (κ2) is 8.93. The summed E-state index contributed by atoms with van der Waals surface area (Å²) >= 11 is 0. The number of sulfone groups is 1. The smallest absolute Gasteiger partial charge is 0.151 e. The second-order valence-corrected chi connectivity index (χ2v) is 7.97. The highest BCUT2D eigenvalue weighted by atomic mass is 32.2. The normalized spacial score (nSPS) is 21.7. The van der Waals surface area contributed by atoms with Crippen LogP contribution >= 0.6 is 0 Å². The molecule has 114 valence electrons. The average Bonchev–Trinajstić information content (AvgIpc) is 2.37. The van der Waals surface area contributed by atoms with Crippen LogP contribution < -0.4 is 5.32 Å². The Bertz CT molecular complexity index is 330. The predicted molar refractivity (Wildman–Crippen MR) is 81.3 cm³/mol. The zero-order valence-corrected chi connectivity index (χ0v) is 13.3. The van der Waals surface area contributed by atoms with E-state index in [0.29, 0.717) is 24.0 Å². The van der Waals surface area contributed by atoms with Gasteiger partial charge in [-0.3, -0.25) is 0 Å². The molecule has 1 aliphatic heterocycles. The number of nitrogens with zero attached hydrogens (tertiary/aromatic N) is 1. The second-order valence-electron chi connectivity index (χ2n) is 5.66. The van der Waals surface area contributed by atoms with Crippen LogP contribution in [-0.4, -0.2) is 57.5 Å². The minimum Gasteiger partial charge on any atom is -0.316 e. The van der Waals surface area contributed by atoms with Crippen molar-refractivity contribution >= 4 is 9.84 Å². The Balaban J connectivity index is 2.27. The lowest BCUT2D eigenvalue weighted by Crippen LogP contribution is -2.41. The molecule has 0 aromatic rings. The predicted octanol–water partition coefficient (Wildman–Crippen LogP) is 1.52. The molecule has 1 N–H and O–H groups in total. The highest BCUT2D eigenvalue weighted by molar-refractivity contribution is 7.91. The molecule has 1 heterocycles. The van der Waals surface area contributed by atoms with Crippen LogP contribution in [0.15, 0.2) is 0 Å². The molecular weight excluding hydrogens is 260 g/mol. The van der Waals surface area contributed by atoms with E-state index in [4.69, 9.17) is 0 Å². The van der Waals surface area contributed by atoms with Crippen LogP contribution in [0.4, 0.5) is 0 Å². The first-order valence-electron chi connectivity index (χ1n) is 7.71. The van der Waals surface area contributed by atoms with E-state index >= 15 is 0 Å². The summed E-state index contributed by atoms with van der Waals surface area (Å²) in [6, 6.07) is 0. The SMILES string of the molecule is CCCNCC1CCCN(CCS(=O)(=O)CCC)C1. The molecular formula is C14H30N2O2S. The van der Waals surface area contributed by atoms with E-state index in [0.717, 1.165) is 32.6 Å². The van der Waals surface area contributed by atoms with Gasteiger partial charge in [0.25, 0.3) is 0 Å². The van der Waals surface area contributed by atoms with Gasteiger partial charge in [0.1, 0.15) is 0 Å². The Labute approximate surface area is 118 Å². The number of nitrogens with one attached hydrogen (secondary N) is 1. The summed E-state index contributed by atoms with van der Waals surface area (Å²) in [5.41, 5.74) is 0. The van der Waals surface area contributed by atoms with E-state index in [9.17, 15) is 8.42 Å². The quantitative estimate of drug-likeness (QED) is 0.654. The van der Waals surface area contributed by atoms with Gasteiger partial charge in [0.2, 0.25) is 0 Å². The van der Waals surface area contributed by atoms with Crippen LogP contribution in [0.2, 0.25) is 0 Å². The van der Waals surface area contributed by atoms with Crippen molar-refractivity contribution in [1.29, 1.82) is 0 Å². The Morgan fingerprint density at radius 3 is 2.68 bits per heavy atom. The molecule has 0 aliphatic carbocycles. The first-order valence-corrected chi connectivity index (χ1v) is 9.53. The van der Waals surface area contributed by atoms with Gasteiger partial charge in [0, 0.05) is 18.8 Å². The lowest BCUT2D eigenvalue weighted by Gasteiger charge is -2.32. The van der Waals surface area contributed by atoms with Crippen molar-refractivity contribution in [3.8, 4) is 0 Å². The third-order valence-electron chi connectivity index (χ3n) is 3.70. The Morgan fingerprint density at radius 1 is 1.21 bits per heavy atom. The summed E-state index contributed by atoms with van der Waals surface area (Å²) in [6.45, 7) is 9.09. The van der Waals surface area contributed by atoms with E-state index in [2.05, 4.69) is 17.1 Å². The molecule has 1 aliphatic rings. The van der Waals surface area contributed by atoms with Gasteiger partial charge in [-0.15, -0.1) is 0 Å². The minimum atomic E-state index is -2.83. The molecule has 0 aromatic heterocycles. The molecule has 0 spiro atoms. The Hall–Kier alpha value is -0.130. The van der Waals surface area contributed by atoms with Gasteiger partial charge in [-0.1, -0.05) is 13.8 Å². The highest BCUT2D eigenvalue weighted by Crippen LogP contribution is 2.15. The van der Waals surface area contributed by atoms with Crippen molar-refractivity contribution in [2.45, 2.75) is 39.5 Å². The average molecular weight is 290 g/mol. The summed E-state index contributed by atoms with van der Waals surface area (Å²) in [7, 11) is -2.83. The molecule has 5 heteroatoms. The maximum atomic E-state index is 11.7. The van der Waals surface area contributed by atoms with Crippen LogP contribution in [-0.2, 0) is 9.84 Å². The van der Waals surface area contributed by atoms with Gasteiger partial charge in [0.05, 0.1) is 5.75 Å². The van der Waals surface area contributed by atoms with E-state index in [1.807, 2.05) is 6.92 Å². The van der Waals surface area contributed by atoms with Gasteiger partial charge >= 0.3 is 0 Å². The van der Waals surface area contributed by atoms with E-state index in [1.54, 1.807) is 0 Å². The lowest BCUT2D eigenvalue weighted by atomic mass is 9.98. The zero-order chi connectivity index (χ0) is 14.1.